The fourth-order valence-corrected chi connectivity index (χ4v) is 4.57. The van der Waals surface area contributed by atoms with E-state index in [4.69, 9.17) is 12.2 Å². The van der Waals surface area contributed by atoms with Crippen LogP contribution in [0.5, 0.6) is 0 Å². The van der Waals surface area contributed by atoms with Crippen molar-refractivity contribution in [2.24, 2.45) is 0 Å². The van der Waals surface area contributed by atoms with Crippen molar-refractivity contribution in [3.05, 3.63) is 63.6 Å². The van der Waals surface area contributed by atoms with Crippen molar-refractivity contribution in [1.29, 1.82) is 0 Å². The summed E-state index contributed by atoms with van der Waals surface area (Å²) in [6.45, 7) is 4.13. The first-order valence-electron chi connectivity index (χ1n) is 8.24. The molecule has 0 saturated carbocycles. The first kappa shape index (κ1) is 18.8. The van der Waals surface area contributed by atoms with E-state index in [0.29, 0.717) is 9.71 Å². The molecule has 1 amide bonds. The van der Waals surface area contributed by atoms with Crippen LogP contribution in [0.3, 0.4) is 0 Å². The van der Waals surface area contributed by atoms with Crippen LogP contribution in [0.2, 0.25) is 0 Å². The van der Waals surface area contributed by atoms with Crippen LogP contribution in [-0.4, -0.2) is 21.4 Å². The Morgan fingerprint density at radius 1 is 1.23 bits per heavy atom. The molecule has 1 heterocycles. The first-order chi connectivity index (χ1) is 12.6. The number of anilines is 1. The highest BCUT2D eigenvalue weighted by Gasteiger charge is 2.10. The lowest BCUT2D eigenvalue weighted by Crippen LogP contribution is -2.13. The number of benzene rings is 2. The maximum absolute atomic E-state index is 12.2. The van der Waals surface area contributed by atoms with Gasteiger partial charge in [0.25, 0.3) is 0 Å². The smallest absolute Gasteiger partial charge is 0.234 e. The van der Waals surface area contributed by atoms with Crippen molar-refractivity contribution in [2.45, 2.75) is 24.6 Å². The van der Waals surface area contributed by atoms with Crippen molar-refractivity contribution >= 4 is 46.9 Å². The molecular weight excluding hydrogens is 382 g/mol. The van der Waals surface area contributed by atoms with Crippen molar-refractivity contribution < 1.29 is 4.79 Å². The van der Waals surface area contributed by atoms with Crippen LogP contribution in [0, 0.1) is 10.9 Å². The van der Waals surface area contributed by atoms with Crippen molar-refractivity contribution in [1.82, 2.24) is 9.78 Å². The highest BCUT2D eigenvalue weighted by atomic mass is 32.2. The monoisotopic (exact) mass is 401 g/mol. The molecule has 1 aromatic heterocycles. The number of carbonyl (C=O) groups excluding carboxylic acids is 1. The third kappa shape index (κ3) is 4.60. The van der Waals surface area contributed by atoms with Crippen LogP contribution in [0.25, 0.3) is 5.69 Å². The van der Waals surface area contributed by atoms with Crippen LogP contribution in [0.4, 0.5) is 5.69 Å². The number of para-hydroxylation sites is 1. The minimum atomic E-state index is -0.0530. The van der Waals surface area contributed by atoms with Gasteiger partial charge >= 0.3 is 0 Å². The van der Waals surface area contributed by atoms with Crippen LogP contribution >= 0.6 is 35.3 Å². The van der Waals surface area contributed by atoms with Gasteiger partial charge < -0.3 is 5.32 Å². The van der Waals surface area contributed by atoms with E-state index in [1.54, 1.807) is 4.68 Å². The van der Waals surface area contributed by atoms with Crippen molar-refractivity contribution in [3.63, 3.8) is 0 Å². The molecule has 2 aromatic carbocycles. The highest BCUT2D eigenvalue weighted by Crippen LogP contribution is 2.25. The molecule has 4 nitrogen and oxygen atoms in total. The zero-order valence-corrected chi connectivity index (χ0v) is 17.0. The summed E-state index contributed by atoms with van der Waals surface area (Å²) >= 11 is 8.25. The standard InChI is InChI=1S/C19H19N3OS3/c1-3-14-8-10-15(11-9-14)20-17(23)12-25-18-21-22(19(24)26-18)16-7-5-4-6-13(16)2/h4-11H,3,12H2,1-2H3,(H,20,23). The Kier molecular flexibility index (Phi) is 6.24. The van der Waals surface area contributed by atoms with Gasteiger partial charge in [-0.2, -0.15) is 0 Å². The molecule has 0 radical (unpaired) electrons. The molecular formula is C19H19N3OS3. The summed E-state index contributed by atoms with van der Waals surface area (Å²) < 4.78 is 3.23. The van der Waals surface area contributed by atoms with E-state index in [0.717, 1.165) is 27.7 Å². The van der Waals surface area contributed by atoms with E-state index >= 15 is 0 Å². The SMILES string of the molecule is CCc1ccc(NC(=O)CSc2nn(-c3ccccc3C)c(=S)s2)cc1. The number of nitrogens with one attached hydrogen (secondary N) is 1. The Hall–Kier alpha value is -1.96. The van der Waals surface area contributed by atoms with Gasteiger partial charge in [0, 0.05) is 5.69 Å². The van der Waals surface area contributed by atoms with E-state index in [1.165, 1.54) is 28.7 Å². The lowest BCUT2D eigenvalue weighted by molar-refractivity contribution is -0.113. The van der Waals surface area contributed by atoms with Gasteiger partial charge in [0.05, 0.1) is 11.4 Å². The van der Waals surface area contributed by atoms with Gasteiger partial charge in [-0.1, -0.05) is 60.4 Å². The maximum Gasteiger partial charge on any atom is 0.234 e. The summed E-state index contributed by atoms with van der Waals surface area (Å²) in [6.07, 6.45) is 0.985. The fourth-order valence-electron chi connectivity index (χ4n) is 2.42. The Morgan fingerprint density at radius 3 is 2.65 bits per heavy atom. The Bertz CT molecular complexity index is 961. The van der Waals surface area contributed by atoms with Crippen molar-refractivity contribution in [3.8, 4) is 5.69 Å². The van der Waals surface area contributed by atoms with Crippen LogP contribution in [0.15, 0.2) is 52.9 Å². The number of aromatic nitrogens is 2. The third-order valence-corrected chi connectivity index (χ3v) is 6.21. The minimum Gasteiger partial charge on any atom is -0.325 e. The molecule has 0 spiro atoms. The van der Waals surface area contributed by atoms with Gasteiger partial charge in [-0.3, -0.25) is 4.79 Å². The Balaban J connectivity index is 1.63. The fraction of sp³-hybridized carbons (Fsp3) is 0.211. The van der Waals surface area contributed by atoms with Gasteiger partial charge in [-0.05, 0) is 54.9 Å². The van der Waals surface area contributed by atoms with Gasteiger partial charge in [-0.15, -0.1) is 5.10 Å². The summed E-state index contributed by atoms with van der Waals surface area (Å²) in [6, 6.07) is 15.9. The number of hydrogen-bond donors (Lipinski definition) is 1. The highest BCUT2D eigenvalue weighted by molar-refractivity contribution is 8.01. The maximum atomic E-state index is 12.2. The number of aryl methyl sites for hydroxylation is 2. The van der Waals surface area contributed by atoms with Gasteiger partial charge in [0.1, 0.15) is 0 Å². The molecule has 0 bridgehead atoms. The first-order valence-corrected chi connectivity index (χ1v) is 10.5. The van der Waals surface area contributed by atoms with Crippen LogP contribution in [0.1, 0.15) is 18.1 Å². The lowest BCUT2D eigenvalue weighted by Gasteiger charge is -2.05. The second-order valence-electron chi connectivity index (χ2n) is 5.72. The molecule has 0 fully saturated rings. The number of carbonyl (C=O) groups is 1. The molecule has 3 aromatic rings. The summed E-state index contributed by atoms with van der Waals surface area (Å²) in [4.78, 5) is 12.2. The normalized spacial score (nSPS) is 10.7. The average molecular weight is 402 g/mol. The molecule has 134 valence electrons. The second kappa shape index (κ2) is 8.62. The number of nitrogens with zero attached hydrogens (tertiary/aromatic N) is 2. The molecule has 0 aliphatic rings. The van der Waals surface area contributed by atoms with Gasteiger partial charge in [-0.25, -0.2) is 4.68 Å². The molecule has 1 N–H and O–H groups in total. The van der Waals surface area contributed by atoms with Crippen LogP contribution in [-0.2, 0) is 11.2 Å². The van der Waals surface area contributed by atoms with Gasteiger partial charge in [0.2, 0.25) is 5.91 Å². The minimum absolute atomic E-state index is 0.0530. The predicted molar refractivity (Wildman–Crippen MR) is 112 cm³/mol. The Labute approximate surface area is 166 Å². The molecule has 0 aliphatic carbocycles. The largest absolute Gasteiger partial charge is 0.325 e. The van der Waals surface area contributed by atoms with E-state index in [-0.39, 0.29) is 5.91 Å². The molecule has 0 saturated heterocycles. The zero-order chi connectivity index (χ0) is 18.5. The third-order valence-electron chi connectivity index (χ3n) is 3.85. The number of hydrogen-bond acceptors (Lipinski definition) is 5. The van der Waals surface area contributed by atoms with E-state index < -0.39 is 0 Å². The quantitative estimate of drug-likeness (QED) is 0.452. The molecule has 0 unspecified atom stereocenters. The molecule has 3 rings (SSSR count). The van der Waals surface area contributed by atoms with E-state index in [1.807, 2.05) is 55.5 Å². The van der Waals surface area contributed by atoms with Crippen LogP contribution < -0.4 is 5.32 Å². The van der Waals surface area contributed by atoms with Crippen molar-refractivity contribution in [2.75, 3.05) is 11.1 Å². The summed E-state index contributed by atoms with van der Waals surface area (Å²) in [5.41, 5.74) is 4.14. The van der Waals surface area contributed by atoms with E-state index in [2.05, 4.69) is 17.3 Å². The summed E-state index contributed by atoms with van der Waals surface area (Å²) in [7, 11) is 0. The topological polar surface area (TPSA) is 46.9 Å². The second-order valence-corrected chi connectivity index (χ2v) is 8.56. The molecule has 26 heavy (non-hydrogen) atoms. The summed E-state index contributed by atoms with van der Waals surface area (Å²) in [5.74, 6) is 0.244. The zero-order valence-electron chi connectivity index (χ0n) is 14.6. The number of rotatable bonds is 6. The molecule has 0 atom stereocenters. The average Bonchev–Trinajstić information content (AvgIpc) is 3.01. The number of thioether (sulfide) groups is 1. The summed E-state index contributed by atoms with van der Waals surface area (Å²) in [5, 5.41) is 7.47. The van der Waals surface area contributed by atoms with E-state index in [9.17, 15) is 4.79 Å². The molecule has 0 aliphatic heterocycles. The predicted octanol–water partition coefficient (Wildman–Crippen LogP) is 5.26. The number of amides is 1. The lowest BCUT2D eigenvalue weighted by atomic mass is 10.1. The molecule has 7 heteroatoms. The Morgan fingerprint density at radius 2 is 1.96 bits per heavy atom. The van der Waals surface area contributed by atoms with Gasteiger partial charge in [0.15, 0.2) is 8.29 Å².